The smallest absolute Gasteiger partial charge is 0.339 e. The van der Waals surface area contributed by atoms with Crippen molar-refractivity contribution in [1.82, 2.24) is 4.98 Å². The van der Waals surface area contributed by atoms with Gasteiger partial charge in [0.15, 0.2) is 0 Å². The van der Waals surface area contributed by atoms with E-state index < -0.39 is 5.97 Å². The van der Waals surface area contributed by atoms with Crippen LogP contribution in [0.3, 0.4) is 0 Å². The Labute approximate surface area is 158 Å². The molecule has 5 heteroatoms. The van der Waals surface area contributed by atoms with Gasteiger partial charge in [-0.1, -0.05) is 35.9 Å². The van der Waals surface area contributed by atoms with Gasteiger partial charge in [0.1, 0.15) is 17.1 Å². The highest BCUT2D eigenvalue weighted by Crippen LogP contribution is 2.29. The summed E-state index contributed by atoms with van der Waals surface area (Å²) >= 11 is 0. The van der Waals surface area contributed by atoms with Crippen LogP contribution in [0.15, 0.2) is 54.7 Å². The highest BCUT2D eigenvalue weighted by atomic mass is 16.5. The van der Waals surface area contributed by atoms with Crippen molar-refractivity contribution in [2.24, 2.45) is 0 Å². The number of nitrogens with one attached hydrogen (secondary N) is 1. The lowest BCUT2D eigenvalue weighted by Gasteiger charge is -2.12. The first-order chi connectivity index (χ1) is 13.0. The predicted molar refractivity (Wildman–Crippen MR) is 106 cm³/mol. The SMILES string of the molecule is COc1ccc(-c2cnc(NCc3cccc(C)c3)cc2C)cc1C(=O)O. The number of benzene rings is 2. The third-order valence-corrected chi connectivity index (χ3v) is 4.41. The summed E-state index contributed by atoms with van der Waals surface area (Å²) in [6.45, 7) is 4.75. The molecule has 0 saturated heterocycles. The van der Waals surface area contributed by atoms with E-state index in [9.17, 15) is 9.90 Å². The van der Waals surface area contributed by atoms with Gasteiger partial charge in [0.05, 0.1) is 7.11 Å². The van der Waals surface area contributed by atoms with E-state index in [1.54, 1.807) is 18.3 Å². The van der Waals surface area contributed by atoms with E-state index in [1.165, 1.54) is 18.2 Å². The van der Waals surface area contributed by atoms with E-state index in [0.717, 1.165) is 22.5 Å². The summed E-state index contributed by atoms with van der Waals surface area (Å²) in [6, 6.07) is 15.4. The number of carboxylic acid groups (broad SMARTS) is 1. The first kappa shape index (κ1) is 18.5. The fourth-order valence-electron chi connectivity index (χ4n) is 3.01. The largest absolute Gasteiger partial charge is 0.496 e. The van der Waals surface area contributed by atoms with Crippen LogP contribution in [0.1, 0.15) is 27.0 Å². The molecule has 0 aliphatic heterocycles. The lowest BCUT2D eigenvalue weighted by Crippen LogP contribution is -2.03. The molecule has 0 amide bonds. The molecule has 0 radical (unpaired) electrons. The molecule has 5 nitrogen and oxygen atoms in total. The average molecular weight is 362 g/mol. The Bertz CT molecular complexity index is 983. The van der Waals surface area contributed by atoms with E-state index >= 15 is 0 Å². The minimum atomic E-state index is -1.02. The zero-order valence-electron chi connectivity index (χ0n) is 15.6. The predicted octanol–water partition coefficient (Wildman–Crippen LogP) is 4.68. The number of nitrogens with zero attached hydrogens (tertiary/aromatic N) is 1. The maximum atomic E-state index is 11.4. The molecule has 0 atom stereocenters. The number of pyridine rings is 1. The molecule has 3 aromatic rings. The van der Waals surface area contributed by atoms with Crippen molar-refractivity contribution in [3.63, 3.8) is 0 Å². The summed E-state index contributed by atoms with van der Waals surface area (Å²) in [7, 11) is 1.46. The van der Waals surface area contributed by atoms with E-state index in [1.807, 2.05) is 25.1 Å². The number of aromatic nitrogens is 1. The highest BCUT2D eigenvalue weighted by molar-refractivity contribution is 5.92. The van der Waals surface area contributed by atoms with Gasteiger partial charge in [-0.2, -0.15) is 0 Å². The summed E-state index contributed by atoms with van der Waals surface area (Å²) in [6.07, 6.45) is 1.77. The molecule has 0 saturated carbocycles. The molecule has 0 fully saturated rings. The summed E-state index contributed by atoms with van der Waals surface area (Å²) < 4.78 is 5.12. The third-order valence-electron chi connectivity index (χ3n) is 4.41. The van der Waals surface area contributed by atoms with Gasteiger partial charge in [-0.25, -0.2) is 9.78 Å². The summed E-state index contributed by atoms with van der Waals surface area (Å²) in [5, 5.41) is 12.7. The van der Waals surface area contributed by atoms with Crippen LogP contribution in [0.25, 0.3) is 11.1 Å². The summed E-state index contributed by atoms with van der Waals surface area (Å²) in [4.78, 5) is 15.9. The standard InChI is InChI=1S/C22H22N2O3/c1-14-5-4-6-16(9-14)12-23-21-10-15(2)19(13-24-21)17-7-8-20(27-3)18(11-17)22(25)26/h4-11,13H,12H2,1-3H3,(H,23,24)(H,25,26). The van der Waals surface area contributed by atoms with Crippen LogP contribution in [0, 0.1) is 13.8 Å². The number of carbonyl (C=O) groups is 1. The van der Waals surface area contributed by atoms with Gasteiger partial charge in [0, 0.05) is 18.3 Å². The molecule has 0 unspecified atom stereocenters. The number of rotatable bonds is 6. The molecule has 0 spiro atoms. The van der Waals surface area contributed by atoms with Gasteiger partial charge in [-0.15, -0.1) is 0 Å². The second-order valence-corrected chi connectivity index (χ2v) is 6.45. The number of methoxy groups -OCH3 is 1. The molecule has 0 aliphatic carbocycles. The fraction of sp³-hybridized carbons (Fsp3) is 0.182. The molecule has 0 bridgehead atoms. The average Bonchev–Trinajstić information content (AvgIpc) is 2.66. The van der Waals surface area contributed by atoms with E-state index in [2.05, 4.69) is 35.4 Å². The van der Waals surface area contributed by atoms with Crippen LogP contribution in [-0.4, -0.2) is 23.2 Å². The van der Waals surface area contributed by atoms with E-state index in [0.29, 0.717) is 12.3 Å². The van der Waals surface area contributed by atoms with Crippen molar-refractivity contribution in [3.8, 4) is 16.9 Å². The number of aromatic carboxylic acids is 1. The van der Waals surface area contributed by atoms with Crippen LogP contribution in [-0.2, 0) is 6.54 Å². The van der Waals surface area contributed by atoms with Gasteiger partial charge < -0.3 is 15.2 Å². The number of anilines is 1. The van der Waals surface area contributed by atoms with Crippen LogP contribution in [0.5, 0.6) is 5.75 Å². The van der Waals surface area contributed by atoms with Crippen LogP contribution < -0.4 is 10.1 Å². The minimum absolute atomic E-state index is 0.135. The molecule has 27 heavy (non-hydrogen) atoms. The van der Waals surface area contributed by atoms with Crippen LogP contribution >= 0.6 is 0 Å². The second kappa shape index (κ2) is 7.91. The normalized spacial score (nSPS) is 10.5. The van der Waals surface area contributed by atoms with Gasteiger partial charge in [-0.05, 0) is 48.7 Å². The van der Waals surface area contributed by atoms with Gasteiger partial charge in [0.2, 0.25) is 0 Å². The Balaban J connectivity index is 1.82. The Kier molecular flexibility index (Phi) is 5.41. The molecule has 3 rings (SSSR count). The van der Waals surface area contributed by atoms with E-state index in [4.69, 9.17) is 4.74 Å². The molecular weight excluding hydrogens is 340 g/mol. The first-order valence-electron chi connectivity index (χ1n) is 8.65. The molecular formula is C22H22N2O3. The zero-order valence-corrected chi connectivity index (χ0v) is 15.6. The van der Waals surface area contributed by atoms with Crippen molar-refractivity contribution >= 4 is 11.8 Å². The van der Waals surface area contributed by atoms with Crippen molar-refractivity contribution in [1.29, 1.82) is 0 Å². The zero-order chi connectivity index (χ0) is 19.4. The molecule has 2 N–H and O–H groups in total. The molecule has 0 aliphatic rings. The number of aryl methyl sites for hydroxylation is 2. The minimum Gasteiger partial charge on any atom is -0.496 e. The Morgan fingerprint density at radius 3 is 2.63 bits per heavy atom. The van der Waals surface area contributed by atoms with E-state index in [-0.39, 0.29) is 5.56 Å². The van der Waals surface area contributed by atoms with Crippen molar-refractivity contribution in [2.75, 3.05) is 12.4 Å². The third kappa shape index (κ3) is 4.26. The second-order valence-electron chi connectivity index (χ2n) is 6.45. The maximum Gasteiger partial charge on any atom is 0.339 e. The van der Waals surface area contributed by atoms with Crippen LogP contribution in [0.4, 0.5) is 5.82 Å². The molecule has 2 aromatic carbocycles. The lowest BCUT2D eigenvalue weighted by atomic mass is 10.00. The van der Waals surface area contributed by atoms with Gasteiger partial charge >= 0.3 is 5.97 Å². The fourth-order valence-corrected chi connectivity index (χ4v) is 3.01. The molecule has 1 aromatic heterocycles. The highest BCUT2D eigenvalue weighted by Gasteiger charge is 2.13. The Hall–Kier alpha value is -3.34. The number of hydrogen-bond acceptors (Lipinski definition) is 4. The van der Waals surface area contributed by atoms with Gasteiger partial charge in [0.25, 0.3) is 0 Å². The number of ether oxygens (including phenoxy) is 1. The topological polar surface area (TPSA) is 71.5 Å². The maximum absolute atomic E-state index is 11.4. The lowest BCUT2D eigenvalue weighted by molar-refractivity contribution is 0.0693. The quantitative estimate of drug-likeness (QED) is 0.666. The number of hydrogen-bond donors (Lipinski definition) is 2. The first-order valence-corrected chi connectivity index (χ1v) is 8.65. The summed E-state index contributed by atoms with van der Waals surface area (Å²) in [5.41, 5.74) is 5.25. The molecule has 138 valence electrons. The molecule has 1 heterocycles. The van der Waals surface area contributed by atoms with Crippen molar-refractivity contribution < 1.29 is 14.6 Å². The number of carboxylic acids is 1. The monoisotopic (exact) mass is 362 g/mol. The van der Waals surface area contributed by atoms with Gasteiger partial charge in [-0.3, -0.25) is 0 Å². The Morgan fingerprint density at radius 1 is 1.15 bits per heavy atom. The van der Waals surface area contributed by atoms with Crippen molar-refractivity contribution in [2.45, 2.75) is 20.4 Å². The Morgan fingerprint density at radius 2 is 1.96 bits per heavy atom. The summed E-state index contributed by atoms with van der Waals surface area (Å²) in [5.74, 6) is 0.105. The van der Waals surface area contributed by atoms with Crippen molar-refractivity contribution in [3.05, 3.63) is 77.0 Å². The van der Waals surface area contributed by atoms with Crippen LogP contribution in [0.2, 0.25) is 0 Å².